The Balaban J connectivity index is 2.53. The molecule has 4 nitrogen and oxygen atoms in total. The van der Waals surface area contributed by atoms with Crippen LogP contribution in [0.2, 0.25) is 0 Å². The van der Waals surface area contributed by atoms with Crippen LogP contribution in [-0.4, -0.2) is 17.3 Å². The van der Waals surface area contributed by atoms with E-state index in [-0.39, 0.29) is 22.5 Å². The van der Waals surface area contributed by atoms with Crippen molar-refractivity contribution in [2.45, 2.75) is 6.43 Å². The molecule has 1 aliphatic heterocycles. The molecule has 1 aromatic heterocycles. The van der Waals surface area contributed by atoms with Crippen molar-refractivity contribution in [3.05, 3.63) is 29.7 Å². The van der Waals surface area contributed by atoms with Crippen LogP contribution in [0.5, 0.6) is 0 Å². The van der Waals surface area contributed by atoms with Gasteiger partial charge in [-0.1, -0.05) is 0 Å². The van der Waals surface area contributed by atoms with Gasteiger partial charge in [-0.3, -0.25) is 15.1 Å². The van der Waals surface area contributed by atoms with Crippen LogP contribution in [0.15, 0.2) is 18.5 Å². The van der Waals surface area contributed by atoms with Gasteiger partial charge in [-0.25, -0.2) is 8.78 Å². The Bertz CT molecular complexity index is 457. The van der Waals surface area contributed by atoms with Crippen molar-refractivity contribution >= 4 is 17.2 Å². The molecule has 6 heteroatoms. The zero-order valence-electron chi connectivity index (χ0n) is 7.45. The first-order chi connectivity index (χ1) is 7.11. The lowest BCUT2D eigenvalue weighted by Crippen LogP contribution is -2.13. The number of nitrogens with zero attached hydrogens (tertiary/aromatic N) is 2. The summed E-state index contributed by atoms with van der Waals surface area (Å²) in [7, 11) is 0. The summed E-state index contributed by atoms with van der Waals surface area (Å²) in [5.74, 6) is -0.707. The van der Waals surface area contributed by atoms with Crippen molar-refractivity contribution in [3.63, 3.8) is 0 Å². The third-order valence-electron chi connectivity index (χ3n) is 2.03. The predicted molar refractivity (Wildman–Crippen MR) is 48.5 cm³/mol. The maximum Gasteiger partial charge on any atom is 0.267 e. The van der Waals surface area contributed by atoms with Gasteiger partial charge in [0.15, 0.2) is 0 Å². The van der Waals surface area contributed by atoms with Crippen molar-refractivity contribution in [2.24, 2.45) is 5.73 Å². The molecule has 0 spiro atoms. The summed E-state index contributed by atoms with van der Waals surface area (Å²) >= 11 is 0. The molecule has 1 radical (unpaired) electrons. The topological polar surface area (TPSA) is 70.1 Å². The average molecular weight is 210 g/mol. The van der Waals surface area contributed by atoms with E-state index in [0.717, 1.165) is 6.20 Å². The van der Waals surface area contributed by atoms with E-state index in [4.69, 9.17) is 5.73 Å². The third-order valence-corrected chi connectivity index (χ3v) is 2.03. The maximum absolute atomic E-state index is 12.5. The monoisotopic (exact) mass is 210 g/mol. The Kier molecular flexibility index (Phi) is 2.11. The van der Waals surface area contributed by atoms with Gasteiger partial charge in [0.1, 0.15) is 5.69 Å². The minimum Gasteiger partial charge on any atom is -0.366 e. The highest BCUT2D eigenvalue weighted by Crippen LogP contribution is 2.34. The molecular weight excluding hydrogens is 204 g/mol. The van der Waals surface area contributed by atoms with E-state index >= 15 is 0 Å². The third kappa shape index (κ3) is 1.43. The van der Waals surface area contributed by atoms with Gasteiger partial charge >= 0.3 is 0 Å². The molecule has 0 saturated heterocycles. The molecule has 0 aromatic carbocycles. The number of carbonyl (C=O) groups excluding carboxylic acids is 1. The van der Waals surface area contributed by atoms with Gasteiger partial charge in [-0.05, 0) is 6.07 Å². The normalized spacial score (nSPS) is 13.4. The second kappa shape index (κ2) is 3.30. The number of pyridine rings is 1. The van der Waals surface area contributed by atoms with Crippen LogP contribution < -0.4 is 11.1 Å². The molecule has 0 fully saturated rings. The number of primary amides is 1. The summed E-state index contributed by atoms with van der Waals surface area (Å²) in [6, 6.07) is 1.35. The van der Waals surface area contributed by atoms with E-state index < -0.39 is 12.3 Å². The maximum atomic E-state index is 12.5. The predicted octanol–water partition coefficient (Wildman–Crippen LogP) is 1.04. The Morgan fingerprint density at radius 2 is 2.20 bits per heavy atom. The highest BCUT2D eigenvalue weighted by atomic mass is 19.3. The summed E-state index contributed by atoms with van der Waals surface area (Å²) in [6.45, 7) is 0. The molecule has 1 aromatic rings. The number of fused-ring (bicyclic) bond motifs is 1. The lowest BCUT2D eigenvalue weighted by atomic mass is 10.1. The minimum atomic E-state index is -2.66. The molecule has 0 unspecified atom stereocenters. The number of rotatable bonds is 2. The van der Waals surface area contributed by atoms with E-state index in [2.05, 4.69) is 10.3 Å². The fourth-order valence-corrected chi connectivity index (χ4v) is 1.35. The highest BCUT2D eigenvalue weighted by Gasteiger charge is 2.27. The van der Waals surface area contributed by atoms with Crippen molar-refractivity contribution < 1.29 is 13.6 Å². The van der Waals surface area contributed by atoms with Crippen molar-refractivity contribution in [2.75, 3.05) is 0 Å². The fraction of sp³-hybridized carbons (Fsp3) is 0.111. The molecule has 0 aliphatic carbocycles. The Labute approximate surface area is 83.8 Å². The molecule has 1 amide bonds. The van der Waals surface area contributed by atoms with Gasteiger partial charge in [0, 0.05) is 12.4 Å². The first-order valence-corrected chi connectivity index (χ1v) is 4.09. The summed E-state index contributed by atoms with van der Waals surface area (Å²) in [6.07, 6.45) is -0.393. The van der Waals surface area contributed by atoms with Gasteiger partial charge < -0.3 is 5.73 Å². The van der Waals surface area contributed by atoms with Crippen LogP contribution in [0.3, 0.4) is 0 Å². The molecular formula is C9H6F2N3O. The zero-order chi connectivity index (χ0) is 11.0. The van der Waals surface area contributed by atoms with E-state index in [0.29, 0.717) is 0 Å². The SMILES string of the molecule is NC(=O)c1ccnc2c1[N]C=C2C(F)F. The van der Waals surface area contributed by atoms with Crippen LogP contribution in [0.1, 0.15) is 16.1 Å². The molecule has 77 valence electrons. The van der Waals surface area contributed by atoms with Crippen LogP contribution in [-0.2, 0) is 0 Å². The van der Waals surface area contributed by atoms with Crippen molar-refractivity contribution in [1.82, 2.24) is 10.3 Å². The van der Waals surface area contributed by atoms with E-state index in [1.807, 2.05) is 0 Å². The number of hydrogen-bond donors (Lipinski definition) is 1. The number of carbonyl (C=O) groups is 1. The number of amides is 1. The first kappa shape index (κ1) is 9.57. The quantitative estimate of drug-likeness (QED) is 0.792. The standard InChI is InChI=1S/C9H6F2N3O/c10-8(11)5-3-14-6-4(9(12)15)1-2-13-7(5)6/h1-3,8H,(H2,12,15). The molecule has 0 atom stereocenters. The molecule has 0 saturated carbocycles. The molecule has 15 heavy (non-hydrogen) atoms. The van der Waals surface area contributed by atoms with Gasteiger partial charge in [0.2, 0.25) is 0 Å². The number of hydrogen-bond acceptors (Lipinski definition) is 2. The van der Waals surface area contributed by atoms with Gasteiger partial charge in [-0.2, -0.15) is 0 Å². The van der Waals surface area contributed by atoms with Crippen LogP contribution in [0, 0.1) is 0 Å². The van der Waals surface area contributed by atoms with E-state index in [9.17, 15) is 13.6 Å². The van der Waals surface area contributed by atoms with Crippen molar-refractivity contribution in [1.29, 1.82) is 0 Å². The molecule has 0 bridgehead atoms. The molecule has 2 rings (SSSR count). The smallest absolute Gasteiger partial charge is 0.267 e. The van der Waals surface area contributed by atoms with Crippen molar-refractivity contribution in [3.8, 4) is 0 Å². The second-order valence-electron chi connectivity index (χ2n) is 2.93. The van der Waals surface area contributed by atoms with Gasteiger partial charge in [-0.15, -0.1) is 0 Å². The summed E-state index contributed by atoms with van der Waals surface area (Å²) in [5, 5.41) is 3.72. The lowest BCUT2D eigenvalue weighted by Gasteiger charge is -2.04. The zero-order valence-corrected chi connectivity index (χ0v) is 7.45. The fourth-order valence-electron chi connectivity index (χ4n) is 1.35. The molecule has 2 heterocycles. The van der Waals surface area contributed by atoms with Gasteiger partial charge in [0.05, 0.1) is 16.8 Å². The first-order valence-electron chi connectivity index (χ1n) is 4.09. The van der Waals surface area contributed by atoms with Gasteiger partial charge in [0.25, 0.3) is 12.3 Å². The van der Waals surface area contributed by atoms with E-state index in [1.165, 1.54) is 12.3 Å². The number of aromatic nitrogens is 1. The molecule has 1 aliphatic rings. The minimum absolute atomic E-state index is 0.0290. The Morgan fingerprint density at radius 1 is 1.47 bits per heavy atom. The van der Waals surface area contributed by atoms with Crippen LogP contribution in [0.4, 0.5) is 14.5 Å². The Morgan fingerprint density at radius 3 is 2.80 bits per heavy atom. The summed E-state index contributed by atoms with van der Waals surface area (Å²) in [5.41, 5.74) is 5.04. The largest absolute Gasteiger partial charge is 0.366 e. The highest BCUT2D eigenvalue weighted by molar-refractivity contribution is 6.00. The molecule has 2 N–H and O–H groups in total. The summed E-state index contributed by atoms with van der Waals surface area (Å²) < 4.78 is 24.9. The number of nitrogens with two attached hydrogens (primary N) is 1. The second-order valence-corrected chi connectivity index (χ2v) is 2.93. The van der Waals surface area contributed by atoms with Crippen LogP contribution in [0.25, 0.3) is 5.57 Å². The van der Waals surface area contributed by atoms with E-state index in [1.54, 1.807) is 0 Å². The van der Waals surface area contributed by atoms with Crippen LogP contribution >= 0.6 is 0 Å². The lowest BCUT2D eigenvalue weighted by molar-refractivity contribution is 0.100. The number of allylic oxidation sites excluding steroid dienone is 1. The number of halogens is 2. The average Bonchev–Trinajstić information content (AvgIpc) is 2.59. The Hall–Kier alpha value is -1.98. The summed E-state index contributed by atoms with van der Waals surface area (Å²) in [4.78, 5) is 14.7. The number of alkyl halides is 2.